The fourth-order valence-corrected chi connectivity index (χ4v) is 2.20. The first-order valence-corrected chi connectivity index (χ1v) is 5.85. The molecule has 0 radical (unpaired) electrons. The number of nitrogens with zero attached hydrogens (tertiary/aromatic N) is 4. The number of aryl methyl sites for hydroxylation is 2. The molecule has 92 valence electrons. The van der Waals surface area contributed by atoms with Gasteiger partial charge in [0.15, 0.2) is 0 Å². The van der Waals surface area contributed by atoms with Gasteiger partial charge in [-0.3, -0.25) is 4.68 Å². The minimum atomic E-state index is 0.597. The van der Waals surface area contributed by atoms with Crippen molar-refractivity contribution in [1.82, 2.24) is 19.3 Å². The topological polar surface area (TPSA) is 61.7 Å². The van der Waals surface area contributed by atoms with E-state index in [9.17, 15) is 0 Å². The third-order valence-electron chi connectivity index (χ3n) is 3.07. The van der Waals surface area contributed by atoms with Gasteiger partial charge in [0.2, 0.25) is 0 Å². The van der Waals surface area contributed by atoms with Crippen LogP contribution in [0.2, 0.25) is 5.02 Å². The molecule has 2 aromatic heterocycles. The third-order valence-corrected chi connectivity index (χ3v) is 3.30. The highest BCUT2D eigenvalue weighted by molar-refractivity contribution is 6.31. The van der Waals surface area contributed by atoms with E-state index in [1.807, 2.05) is 29.8 Å². The Hall–Kier alpha value is -2.01. The molecule has 2 N–H and O–H groups in total. The molecule has 18 heavy (non-hydrogen) atoms. The van der Waals surface area contributed by atoms with E-state index in [2.05, 4.69) is 10.1 Å². The highest BCUT2D eigenvalue weighted by Crippen LogP contribution is 2.28. The zero-order valence-electron chi connectivity index (χ0n) is 10.1. The molecule has 0 saturated heterocycles. The Kier molecular flexibility index (Phi) is 2.31. The average molecular weight is 262 g/mol. The predicted octanol–water partition coefficient (Wildman–Crippen LogP) is 2.21. The molecule has 6 heteroatoms. The van der Waals surface area contributed by atoms with Gasteiger partial charge in [-0.25, -0.2) is 4.98 Å². The lowest BCUT2D eigenvalue weighted by Gasteiger charge is -2.01. The van der Waals surface area contributed by atoms with Gasteiger partial charge in [-0.1, -0.05) is 11.6 Å². The van der Waals surface area contributed by atoms with E-state index in [1.165, 1.54) is 0 Å². The molecule has 0 fully saturated rings. The Bertz CT molecular complexity index is 740. The Morgan fingerprint density at radius 1 is 1.28 bits per heavy atom. The van der Waals surface area contributed by atoms with Gasteiger partial charge in [0.25, 0.3) is 0 Å². The van der Waals surface area contributed by atoms with Gasteiger partial charge in [-0.15, -0.1) is 0 Å². The molecule has 0 aliphatic rings. The zero-order chi connectivity index (χ0) is 12.9. The van der Waals surface area contributed by atoms with Crippen molar-refractivity contribution < 1.29 is 0 Å². The number of aromatic nitrogens is 4. The molecule has 0 saturated carbocycles. The zero-order valence-corrected chi connectivity index (χ0v) is 10.8. The number of halogens is 1. The number of rotatable bonds is 1. The van der Waals surface area contributed by atoms with Crippen LogP contribution in [0.25, 0.3) is 22.4 Å². The first kappa shape index (κ1) is 11.1. The van der Waals surface area contributed by atoms with E-state index in [0.29, 0.717) is 10.8 Å². The molecule has 0 atom stereocenters. The van der Waals surface area contributed by atoms with Crippen LogP contribution in [0.1, 0.15) is 0 Å². The summed E-state index contributed by atoms with van der Waals surface area (Å²) in [4.78, 5) is 4.56. The van der Waals surface area contributed by atoms with E-state index >= 15 is 0 Å². The van der Waals surface area contributed by atoms with Crippen molar-refractivity contribution in [1.29, 1.82) is 0 Å². The molecule has 5 nitrogen and oxygen atoms in total. The van der Waals surface area contributed by atoms with Crippen molar-refractivity contribution in [3.8, 4) is 11.4 Å². The molecule has 0 spiro atoms. The van der Waals surface area contributed by atoms with Gasteiger partial charge < -0.3 is 10.3 Å². The molecular weight excluding hydrogens is 250 g/mol. The largest absolute Gasteiger partial charge is 0.383 e. The van der Waals surface area contributed by atoms with Crippen molar-refractivity contribution in [2.45, 2.75) is 0 Å². The second-order valence-electron chi connectivity index (χ2n) is 4.19. The lowest BCUT2D eigenvalue weighted by molar-refractivity contribution is 0.779. The van der Waals surface area contributed by atoms with Crippen LogP contribution in [0.3, 0.4) is 0 Å². The minimum absolute atomic E-state index is 0.597. The standard InChI is InChI=1S/C12H12ClN5/c1-17-10-4-3-7(13)5-9(10)16-12(17)8-6-15-18(2)11(8)14/h3-6H,14H2,1-2H3. The van der Waals surface area contributed by atoms with Gasteiger partial charge in [-0.2, -0.15) is 5.10 Å². The quantitative estimate of drug-likeness (QED) is 0.731. The summed E-state index contributed by atoms with van der Waals surface area (Å²) in [6.07, 6.45) is 1.72. The Balaban J connectivity index is 2.30. The summed E-state index contributed by atoms with van der Waals surface area (Å²) < 4.78 is 3.61. The van der Waals surface area contributed by atoms with E-state index in [0.717, 1.165) is 22.4 Å². The number of hydrogen-bond acceptors (Lipinski definition) is 3. The fraction of sp³-hybridized carbons (Fsp3) is 0.167. The lowest BCUT2D eigenvalue weighted by atomic mass is 10.3. The average Bonchev–Trinajstić information content (AvgIpc) is 2.82. The van der Waals surface area contributed by atoms with Crippen LogP contribution in [-0.2, 0) is 14.1 Å². The van der Waals surface area contributed by atoms with Crippen LogP contribution in [0.15, 0.2) is 24.4 Å². The van der Waals surface area contributed by atoms with Crippen molar-refractivity contribution in [2.75, 3.05) is 5.73 Å². The number of fused-ring (bicyclic) bond motifs is 1. The molecule has 0 amide bonds. The van der Waals surface area contributed by atoms with Gasteiger partial charge in [0, 0.05) is 19.1 Å². The number of imidazole rings is 1. The number of nitrogens with two attached hydrogens (primary N) is 1. The Morgan fingerprint density at radius 3 is 2.72 bits per heavy atom. The Morgan fingerprint density at radius 2 is 2.06 bits per heavy atom. The van der Waals surface area contributed by atoms with Crippen LogP contribution in [-0.4, -0.2) is 19.3 Å². The monoisotopic (exact) mass is 261 g/mol. The van der Waals surface area contributed by atoms with Crippen LogP contribution in [0.5, 0.6) is 0 Å². The molecule has 0 aliphatic heterocycles. The summed E-state index contributed by atoms with van der Waals surface area (Å²) in [5, 5.41) is 4.81. The number of hydrogen-bond donors (Lipinski definition) is 1. The van der Waals surface area contributed by atoms with E-state index in [4.69, 9.17) is 17.3 Å². The van der Waals surface area contributed by atoms with Crippen molar-refractivity contribution in [3.05, 3.63) is 29.4 Å². The van der Waals surface area contributed by atoms with Gasteiger partial charge in [-0.05, 0) is 18.2 Å². The fourth-order valence-electron chi connectivity index (χ4n) is 2.03. The molecule has 3 rings (SSSR count). The summed E-state index contributed by atoms with van der Waals surface area (Å²) in [6.45, 7) is 0. The van der Waals surface area contributed by atoms with E-state index in [1.54, 1.807) is 17.9 Å². The molecular formula is C12H12ClN5. The van der Waals surface area contributed by atoms with E-state index < -0.39 is 0 Å². The number of anilines is 1. The highest BCUT2D eigenvalue weighted by atomic mass is 35.5. The maximum absolute atomic E-state index is 5.98. The van der Waals surface area contributed by atoms with E-state index in [-0.39, 0.29) is 0 Å². The summed E-state index contributed by atoms with van der Waals surface area (Å²) in [5.74, 6) is 1.39. The van der Waals surface area contributed by atoms with Gasteiger partial charge in [0.05, 0.1) is 22.8 Å². The van der Waals surface area contributed by atoms with Crippen LogP contribution < -0.4 is 5.73 Å². The van der Waals surface area contributed by atoms with Crippen LogP contribution in [0.4, 0.5) is 5.82 Å². The maximum Gasteiger partial charge on any atom is 0.146 e. The summed E-state index contributed by atoms with van der Waals surface area (Å²) in [5.41, 5.74) is 8.66. The minimum Gasteiger partial charge on any atom is -0.383 e. The Labute approximate surface area is 109 Å². The SMILES string of the molecule is Cn1ncc(-c2nc3cc(Cl)ccc3n2C)c1N. The molecule has 0 bridgehead atoms. The molecule has 0 unspecified atom stereocenters. The van der Waals surface area contributed by atoms with Crippen molar-refractivity contribution in [3.63, 3.8) is 0 Å². The van der Waals surface area contributed by atoms with Crippen molar-refractivity contribution in [2.24, 2.45) is 14.1 Å². The molecule has 0 aliphatic carbocycles. The lowest BCUT2D eigenvalue weighted by Crippen LogP contribution is -2.00. The first-order chi connectivity index (χ1) is 8.58. The molecule has 2 heterocycles. The van der Waals surface area contributed by atoms with Gasteiger partial charge >= 0.3 is 0 Å². The normalized spacial score (nSPS) is 11.3. The van der Waals surface area contributed by atoms with Crippen LogP contribution >= 0.6 is 11.6 Å². The first-order valence-electron chi connectivity index (χ1n) is 5.48. The maximum atomic E-state index is 5.98. The van der Waals surface area contributed by atoms with Gasteiger partial charge in [0.1, 0.15) is 11.6 Å². The summed E-state index contributed by atoms with van der Waals surface area (Å²) in [7, 11) is 3.75. The second kappa shape index (κ2) is 3.74. The van der Waals surface area contributed by atoms with Crippen molar-refractivity contribution >= 4 is 28.5 Å². The smallest absolute Gasteiger partial charge is 0.146 e. The number of benzene rings is 1. The summed E-state index contributed by atoms with van der Waals surface area (Å²) in [6, 6.07) is 5.63. The molecule has 3 aromatic rings. The predicted molar refractivity (Wildman–Crippen MR) is 72.3 cm³/mol. The third kappa shape index (κ3) is 1.48. The highest BCUT2D eigenvalue weighted by Gasteiger charge is 2.15. The number of nitrogen functional groups attached to an aromatic ring is 1. The van der Waals surface area contributed by atoms with Crippen LogP contribution in [0, 0.1) is 0 Å². The summed E-state index contributed by atoms with van der Waals surface area (Å²) >= 11 is 5.97. The molecule has 1 aromatic carbocycles. The second-order valence-corrected chi connectivity index (χ2v) is 4.63.